The van der Waals surface area contributed by atoms with Gasteiger partial charge in [-0.15, -0.1) is 0 Å². The number of hydrogen-bond acceptors (Lipinski definition) is 3. The Kier molecular flexibility index (Phi) is 11.9. The Balaban J connectivity index is 3.06. The van der Waals surface area contributed by atoms with Gasteiger partial charge >= 0.3 is 0 Å². The van der Waals surface area contributed by atoms with Crippen LogP contribution in [0.2, 0.25) is 0 Å². The lowest BCUT2D eigenvalue weighted by Gasteiger charge is -2.12. The molecule has 0 bridgehead atoms. The van der Waals surface area contributed by atoms with E-state index < -0.39 is 0 Å². The summed E-state index contributed by atoms with van der Waals surface area (Å²) in [5, 5.41) is 3.42. The van der Waals surface area contributed by atoms with E-state index in [0.29, 0.717) is 5.92 Å². The van der Waals surface area contributed by atoms with E-state index in [9.17, 15) is 0 Å². The summed E-state index contributed by atoms with van der Waals surface area (Å²) in [7, 11) is 1.72. The third-order valence-corrected chi connectivity index (χ3v) is 2.31. The largest absolute Gasteiger partial charge is 0.385 e. The van der Waals surface area contributed by atoms with E-state index in [0.717, 1.165) is 45.8 Å². The molecule has 0 aliphatic rings. The zero-order chi connectivity index (χ0) is 11.4. The Morgan fingerprint density at radius 1 is 1.20 bits per heavy atom. The van der Waals surface area contributed by atoms with Gasteiger partial charge in [-0.1, -0.05) is 13.8 Å². The first-order chi connectivity index (χ1) is 7.31. The van der Waals surface area contributed by atoms with Gasteiger partial charge in [0.2, 0.25) is 0 Å². The fourth-order valence-corrected chi connectivity index (χ4v) is 1.32. The van der Waals surface area contributed by atoms with E-state index in [1.54, 1.807) is 7.11 Å². The number of nitrogens with one attached hydrogen (secondary N) is 1. The van der Waals surface area contributed by atoms with Crippen molar-refractivity contribution >= 4 is 0 Å². The lowest BCUT2D eigenvalue weighted by atomic mass is 10.1. The number of ether oxygens (including phenoxy) is 2. The lowest BCUT2D eigenvalue weighted by molar-refractivity contribution is 0.0948. The van der Waals surface area contributed by atoms with Crippen molar-refractivity contribution in [2.75, 3.05) is 40.0 Å². The van der Waals surface area contributed by atoms with Crippen LogP contribution in [-0.2, 0) is 9.47 Å². The Labute approximate surface area is 94.5 Å². The second kappa shape index (κ2) is 12.0. The second-order valence-corrected chi connectivity index (χ2v) is 4.06. The molecule has 0 spiro atoms. The number of methoxy groups -OCH3 is 1. The first kappa shape index (κ1) is 14.9. The van der Waals surface area contributed by atoms with Gasteiger partial charge in [0.05, 0.1) is 0 Å². The van der Waals surface area contributed by atoms with Crippen molar-refractivity contribution in [2.24, 2.45) is 5.92 Å². The van der Waals surface area contributed by atoms with Gasteiger partial charge < -0.3 is 14.8 Å². The summed E-state index contributed by atoms with van der Waals surface area (Å²) in [5.41, 5.74) is 0. The van der Waals surface area contributed by atoms with Crippen molar-refractivity contribution in [1.29, 1.82) is 0 Å². The van der Waals surface area contributed by atoms with Crippen LogP contribution < -0.4 is 5.32 Å². The first-order valence-corrected chi connectivity index (χ1v) is 6.08. The smallest absolute Gasteiger partial charge is 0.0487 e. The Bertz CT molecular complexity index is 120. The van der Waals surface area contributed by atoms with Crippen molar-refractivity contribution < 1.29 is 9.47 Å². The van der Waals surface area contributed by atoms with Crippen LogP contribution in [0.25, 0.3) is 0 Å². The highest BCUT2D eigenvalue weighted by Gasteiger charge is 2.00. The van der Waals surface area contributed by atoms with E-state index in [1.807, 2.05) is 0 Å². The number of rotatable bonds is 11. The molecule has 15 heavy (non-hydrogen) atoms. The molecule has 0 aromatic carbocycles. The summed E-state index contributed by atoms with van der Waals surface area (Å²) in [4.78, 5) is 0. The average Bonchev–Trinajstić information content (AvgIpc) is 2.23. The van der Waals surface area contributed by atoms with Crippen molar-refractivity contribution in [3.63, 3.8) is 0 Å². The Morgan fingerprint density at radius 3 is 2.67 bits per heavy atom. The van der Waals surface area contributed by atoms with E-state index >= 15 is 0 Å². The highest BCUT2D eigenvalue weighted by molar-refractivity contribution is 4.56. The standard InChI is InChI=1S/C12H27NO2/c1-4-7-13-11-12(2)6-10-15-9-5-8-14-3/h12-13H,4-11H2,1-3H3. The molecule has 92 valence electrons. The zero-order valence-electron chi connectivity index (χ0n) is 10.6. The van der Waals surface area contributed by atoms with Gasteiger partial charge in [-0.2, -0.15) is 0 Å². The molecule has 0 aromatic heterocycles. The molecule has 0 saturated carbocycles. The summed E-state index contributed by atoms with van der Waals surface area (Å²) in [6, 6.07) is 0. The minimum Gasteiger partial charge on any atom is -0.385 e. The van der Waals surface area contributed by atoms with Crippen molar-refractivity contribution in [3.8, 4) is 0 Å². The van der Waals surface area contributed by atoms with Crippen LogP contribution in [0.4, 0.5) is 0 Å². The fourth-order valence-electron chi connectivity index (χ4n) is 1.32. The third kappa shape index (κ3) is 11.8. The topological polar surface area (TPSA) is 30.5 Å². The van der Waals surface area contributed by atoms with Crippen molar-refractivity contribution in [3.05, 3.63) is 0 Å². The van der Waals surface area contributed by atoms with Crippen LogP contribution >= 0.6 is 0 Å². The van der Waals surface area contributed by atoms with Gasteiger partial charge in [0.25, 0.3) is 0 Å². The lowest BCUT2D eigenvalue weighted by Crippen LogP contribution is -2.22. The summed E-state index contributed by atoms with van der Waals surface area (Å²) in [6.45, 7) is 9.18. The predicted molar refractivity (Wildman–Crippen MR) is 64.3 cm³/mol. The molecule has 0 aliphatic heterocycles. The minimum atomic E-state index is 0.707. The SMILES string of the molecule is CCCNCC(C)CCOCCCOC. The van der Waals surface area contributed by atoms with E-state index in [2.05, 4.69) is 19.2 Å². The molecular weight excluding hydrogens is 190 g/mol. The van der Waals surface area contributed by atoms with Crippen LogP contribution in [0.5, 0.6) is 0 Å². The molecule has 0 fully saturated rings. The summed E-state index contributed by atoms with van der Waals surface area (Å²) in [5.74, 6) is 0.707. The van der Waals surface area contributed by atoms with Gasteiger partial charge in [-0.25, -0.2) is 0 Å². The van der Waals surface area contributed by atoms with Gasteiger partial charge in [-0.05, 0) is 38.3 Å². The summed E-state index contributed by atoms with van der Waals surface area (Å²) in [6.07, 6.45) is 3.35. The normalized spacial score (nSPS) is 13.0. The Morgan fingerprint density at radius 2 is 2.00 bits per heavy atom. The van der Waals surface area contributed by atoms with Crippen LogP contribution in [0.3, 0.4) is 0 Å². The zero-order valence-corrected chi connectivity index (χ0v) is 10.6. The third-order valence-electron chi connectivity index (χ3n) is 2.31. The molecule has 0 saturated heterocycles. The Hall–Kier alpha value is -0.120. The van der Waals surface area contributed by atoms with Crippen molar-refractivity contribution in [2.45, 2.75) is 33.1 Å². The van der Waals surface area contributed by atoms with E-state index in [1.165, 1.54) is 6.42 Å². The van der Waals surface area contributed by atoms with E-state index in [-0.39, 0.29) is 0 Å². The highest BCUT2D eigenvalue weighted by atomic mass is 16.5. The molecule has 1 N–H and O–H groups in total. The van der Waals surface area contributed by atoms with Gasteiger partial charge in [0, 0.05) is 26.9 Å². The molecule has 0 heterocycles. The quantitative estimate of drug-likeness (QED) is 0.537. The molecule has 1 atom stereocenters. The minimum absolute atomic E-state index is 0.707. The van der Waals surface area contributed by atoms with Crippen LogP contribution in [-0.4, -0.2) is 40.0 Å². The van der Waals surface area contributed by atoms with Crippen molar-refractivity contribution in [1.82, 2.24) is 5.32 Å². The maximum absolute atomic E-state index is 5.50. The fraction of sp³-hybridized carbons (Fsp3) is 1.00. The maximum atomic E-state index is 5.50. The molecule has 3 nitrogen and oxygen atoms in total. The van der Waals surface area contributed by atoms with Crippen LogP contribution in [0.15, 0.2) is 0 Å². The highest BCUT2D eigenvalue weighted by Crippen LogP contribution is 2.00. The molecule has 0 aromatic rings. The summed E-state index contributed by atoms with van der Waals surface area (Å²) < 4.78 is 10.4. The molecule has 1 unspecified atom stereocenters. The van der Waals surface area contributed by atoms with Crippen LogP contribution in [0, 0.1) is 5.92 Å². The monoisotopic (exact) mass is 217 g/mol. The van der Waals surface area contributed by atoms with Gasteiger partial charge in [0.1, 0.15) is 0 Å². The maximum Gasteiger partial charge on any atom is 0.0487 e. The molecule has 0 aliphatic carbocycles. The van der Waals surface area contributed by atoms with Gasteiger partial charge in [-0.3, -0.25) is 0 Å². The molecule has 0 rings (SSSR count). The molecule has 0 amide bonds. The molecular formula is C12H27NO2. The second-order valence-electron chi connectivity index (χ2n) is 4.06. The predicted octanol–water partition coefficient (Wildman–Crippen LogP) is 2.07. The molecule has 3 heteroatoms. The van der Waals surface area contributed by atoms with Gasteiger partial charge in [0.15, 0.2) is 0 Å². The first-order valence-electron chi connectivity index (χ1n) is 6.08. The molecule has 0 radical (unpaired) electrons. The average molecular weight is 217 g/mol. The van der Waals surface area contributed by atoms with E-state index in [4.69, 9.17) is 9.47 Å². The summed E-state index contributed by atoms with van der Waals surface area (Å²) >= 11 is 0. The number of hydrogen-bond donors (Lipinski definition) is 1. The van der Waals surface area contributed by atoms with Crippen LogP contribution in [0.1, 0.15) is 33.1 Å².